The number of hydrogen-bond acceptors (Lipinski definition) is 2. The maximum Gasteiger partial charge on any atom is 0.0657 e. The first kappa shape index (κ1) is 13.3. The molecule has 0 bridgehead atoms. The van der Waals surface area contributed by atoms with Gasteiger partial charge < -0.3 is 5.32 Å². The number of nitrogens with one attached hydrogen (secondary N) is 1. The predicted octanol–water partition coefficient (Wildman–Crippen LogP) is 3.61. The molecule has 2 aromatic rings. The fraction of sp³-hybridized carbons (Fsp3) is 0.357. The van der Waals surface area contributed by atoms with Crippen molar-refractivity contribution in [3.63, 3.8) is 0 Å². The fourth-order valence-electron chi connectivity index (χ4n) is 1.98. The summed E-state index contributed by atoms with van der Waals surface area (Å²) in [5.41, 5.74) is 3.50. The highest BCUT2D eigenvalue weighted by Gasteiger charge is 2.09. The number of nitrogens with zero attached hydrogens (tertiary/aromatic N) is 2. The minimum atomic E-state index is 0.345. The molecular formula is C14H18BrN3. The van der Waals surface area contributed by atoms with Gasteiger partial charge in [-0.15, -0.1) is 0 Å². The van der Waals surface area contributed by atoms with Crippen LogP contribution in [0.4, 0.5) is 0 Å². The first-order chi connectivity index (χ1) is 8.61. The third kappa shape index (κ3) is 2.82. The molecule has 18 heavy (non-hydrogen) atoms. The van der Waals surface area contributed by atoms with E-state index in [4.69, 9.17) is 0 Å². The van der Waals surface area contributed by atoms with E-state index in [1.807, 2.05) is 24.0 Å². The van der Waals surface area contributed by atoms with E-state index in [-0.39, 0.29) is 0 Å². The van der Waals surface area contributed by atoms with Crippen LogP contribution in [0.1, 0.15) is 31.0 Å². The predicted molar refractivity (Wildman–Crippen MR) is 78.1 cm³/mol. The van der Waals surface area contributed by atoms with Crippen molar-refractivity contribution in [3.05, 3.63) is 46.2 Å². The van der Waals surface area contributed by atoms with Crippen LogP contribution in [0.15, 0.2) is 35.1 Å². The Hall–Kier alpha value is -1.13. The lowest BCUT2D eigenvalue weighted by Crippen LogP contribution is -2.18. The molecule has 0 fully saturated rings. The Balaban J connectivity index is 2.30. The lowest BCUT2D eigenvalue weighted by Gasteiger charge is -2.15. The van der Waals surface area contributed by atoms with Crippen molar-refractivity contribution in [2.24, 2.45) is 0 Å². The zero-order valence-electron chi connectivity index (χ0n) is 10.9. The summed E-state index contributed by atoms with van der Waals surface area (Å²) in [4.78, 5) is 0. The lowest BCUT2D eigenvalue weighted by molar-refractivity contribution is 0.596. The van der Waals surface area contributed by atoms with Crippen LogP contribution in [0.2, 0.25) is 0 Å². The molecule has 4 heteroatoms. The van der Waals surface area contributed by atoms with Crippen LogP contribution in [-0.4, -0.2) is 16.3 Å². The number of hydrogen-bond donors (Lipinski definition) is 1. The molecule has 2 rings (SSSR count). The Morgan fingerprint density at radius 2 is 2.22 bits per heavy atom. The van der Waals surface area contributed by atoms with Crippen molar-refractivity contribution in [1.82, 2.24) is 15.1 Å². The van der Waals surface area contributed by atoms with Gasteiger partial charge in [0.05, 0.1) is 11.9 Å². The molecule has 1 atom stereocenters. The SMILES string of the molecule is CCNC(C)c1ccc(-n2cc(C)cn2)cc1Br. The topological polar surface area (TPSA) is 29.9 Å². The molecule has 1 heterocycles. The van der Waals surface area contributed by atoms with Crippen molar-refractivity contribution in [1.29, 1.82) is 0 Å². The van der Waals surface area contributed by atoms with Crippen molar-refractivity contribution < 1.29 is 0 Å². The third-order valence-corrected chi connectivity index (χ3v) is 3.62. The number of aromatic nitrogens is 2. The van der Waals surface area contributed by atoms with Crippen molar-refractivity contribution in [2.75, 3.05) is 6.54 Å². The molecular weight excluding hydrogens is 290 g/mol. The third-order valence-electron chi connectivity index (χ3n) is 2.94. The minimum Gasteiger partial charge on any atom is -0.310 e. The average Bonchev–Trinajstić information content (AvgIpc) is 2.76. The molecule has 1 aromatic heterocycles. The van der Waals surface area contributed by atoms with Crippen LogP contribution in [0.25, 0.3) is 5.69 Å². The summed E-state index contributed by atoms with van der Waals surface area (Å²) in [6, 6.07) is 6.69. The van der Waals surface area contributed by atoms with Crippen molar-refractivity contribution in [2.45, 2.75) is 26.8 Å². The maximum atomic E-state index is 4.32. The molecule has 0 radical (unpaired) electrons. The Morgan fingerprint density at radius 3 is 2.78 bits per heavy atom. The molecule has 3 nitrogen and oxygen atoms in total. The molecule has 1 N–H and O–H groups in total. The van der Waals surface area contributed by atoms with Gasteiger partial charge in [0, 0.05) is 16.7 Å². The first-order valence-electron chi connectivity index (χ1n) is 6.16. The van der Waals surface area contributed by atoms with Gasteiger partial charge in [0.2, 0.25) is 0 Å². The van der Waals surface area contributed by atoms with Gasteiger partial charge in [0.25, 0.3) is 0 Å². The second-order valence-electron chi connectivity index (χ2n) is 4.45. The van der Waals surface area contributed by atoms with Crippen LogP contribution < -0.4 is 5.32 Å². The standard InChI is InChI=1S/C14H18BrN3/c1-4-16-11(3)13-6-5-12(7-14(13)15)18-9-10(2)8-17-18/h5-9,11,16H,4H2,1-3H3. The molecule has 0 spiro atoms. The summed E-state index contributed by atoms with van der Waals surface area (Å²) in [6.45, 7) is 7.29. The summed E-state index contributed by atoms with van der Waals surface area (Å²) in [5, 5.41) is 7.73. The van der Waals surface area contributed by atoms with Crippen LogP contribution in [0.5, 0.6) is 0 Å². The van der Waals surface area contributed by atoms with Gasteiger partial charge in [-0.1, -0.05) is 28.9 Å². The van der Waals surface area contributed by atoms with Crippen LogP contribution in [-0.2, 0) is 0 Å². The van der Waals surface area contributed by atoms with E-state index in [1.165, 1.54) is 5.56 Å². The lowest BCUT2D eigenvalue weighted by atomic mass is 10.1. The van der Waals surface area contributed by atoms with E-state index < -0.39 is 0 Å². The van der Waals surface area contributed by atoms with Crippen LogP contribution in [0, 0.1) is 6.92 Å². The minimum absolute atomic E-state index is 0.345. The van der Waals surface area contributed by atoms with E-state index in [0.29, 0.717) is 6.04 Å². The van der Waals surface area contributed by atoms with Gasteiger partial charge in [0.15, 0.2) is 0 Å². The Labute approximate surface area is 116 Å². The maximum absolute atomic E-state index is 4.32. The number of aryl methyl sites for hydroxylation is 1. The molecule has 0 saturated carbocycles. The van der Waals surface area contributed by atoms with Gasteiger partial charge in [-0.3, -0.25) is 0 Å². The summed E-state index contributed by atoms with van der Waals surface area (Å²) in [7, 11) is 0. The molecule has 96 valence electrons. The zero-order valence-corrected chi connectivity index (χ0v) is 12.5. The zero-order chi connectivity index (χ0) is 13.1. The van der Waals surface area contributed by atoms with E-state index in [0.717, 1.165) is 22.3 Å². The summed E-state index contributed by atoms with van der Waals surface area (Å²) in [5.74, 6) is 0. The Kier molecular flexibility index (Phi) is 4.19. The van der Waals surface area contributed by atoms with Crippen molar-refractivity contribution in [3.8, 4) is 5.69 Å². The molecule has 0 aliphatic carbocycles. The highest BCUT2D eigenvalue weighted by Crippen LogP contribution is 2.25. The quantitative estimate of drug-likeness (QED) is 0.935. The van der Waals surface area contributed by atoms with Gasteiger partial charge in [-0.25, -0.2) is 4.68 Å². The van der Waals surface area contributed by atoms with Gasteiger partial charge >= 0.3 is 0 Å². The number of halogens is 1. The first-order valence-corrected chi connectivity index (χ1v) is 6.95. The molecule has 0 aliphatic heterocycles. The molecule has 0 aliphatic rings. The van der Waals surface area contributed by atoms with Gasteiger partial charge in [-0.2, -0.15) is 5.10 Å². The van der Waals surface area contributed by atoms with E-state index in [9.17, 15) is 0 Å². The summed E-state index contributed by atoms with van der Waals surface area (Å²) in [6.07, 6.45) is 3.89. The molecule has 0 saturated heterocycles. The highest BCUT2D eigenvalue weighted by atomic mass is 79.9. The van der Waals surface area contributed by atoms with Gasteiger partial charge in [-0.05, 0) is 43.7 Å². The largest absolute Gasteiger partial charge is 0.310 e. The highest BCUT2D eigenvalue weighted by molar-refractivity contribution is 9.10. The van der Waals surface area contributed by atoms with Crippen LogP contribution >= 0.6 is 15.9 Å². The molecule has 1 unspecified atom stereocenters. The molecule has 1 aromatic carbocycles. The average molecular weight is 308 g/mol. The smallest absolute Gasteiger partial charge is 0.0657 e. The Morgan fingerprint density at radius 1 is 1.44 bits per heavy atom. The monoisotopic (exact) mass is 307 g/mol. The Bertz CT molecular complexity index is 534. The summed E-state index contributed by atoms with van der Waals surface area (Å²) < 4.78 is 3.00. The van der Waals surface area contributed by atoms with Gasteiger partial charge in [0.1, 0.15) is 0 Å². The van der Waals surface area contributed by atoms with Crippen molar-refractivity contribution >= 4 is 15.9 Å². The number of benzene rings is 1. The van der Waals surface area contributed by atoms with E-state index in [2.05, 4.69) is 58.4 Å². The second kappa shape index (κ2) is 5.67. The second-order valence-corrected chi connectivity index (χ2v) is 5.30. The molecule has 0 amide bonds. The normalized spacial score (nSPS) is 12.7. The fourth-order valence-corrected chi connectivity index (χ4v) is 2.69. The summed E-state index contributed by atoms with van der Waals surface area (Å²) >= 11 is 3.64. The van der Waals surface area contributed by atoms with Crippen LogP contribution in [0.3, 0.4) is 0 Å². The number of rotatable bonds is 4. The van der Waals surface area contributed by atoms with E-state index >= 15 is 0 Å². The van der Waals surface area contributed by atoms with E-state index in [1.54, 1.807) is 0 Å².